The van der Waals surface area contributed by atoms with E-state index in [2.05, 4.69) is 10.3 Å². The number of Topliss-reactive ketones (excluding diaryl/α,β-unsaturated/α-hetero) is 1. The van der Waals surface area contributed by atoms with Crippen LogP contribution < -0.4 is 5.32 Å². The third-order valence-corrected chi connectivity index (χ3v) is 5.98. The molecule has 2 aromatic carbocycles. The first-order chi connectivity index (χ1) is 14.9. The lowest BCUT2D eigenvalue weighted by Crippen LogP contribution is -2.41. The first kappa shape index (κ1) is 19.1. The molecule has 0 unspecified atom stereocenters. The van der Waals surface area contributed by atoms with Crippen LogP contribution in [0.5, 0.6) is 0 Å². The molecule has 0 saturated carbocycles. The summed E-state index contributed by atoms with van der Waals surface area (Å²) in [5.74, 6) is -0.488. The number of aromatic nitrogens is 1. The van der Waals surface area contributed by atoms with Crippen molar-refractivity contribution < 1.29 is 18.8 Å². The zero-order valence-corrected chi connectivity index (χ0v) is 17.2. The molecule has 1 aliphatic rings. The van der Waals surface area contributed by atoms with Crippen molar-refractivity contribution in [3.05, 3.63) is 71.6 Å². The van der Waals surface area contributed by atoms with Gasteiger partial charge in [-0.25, -0.2) is 4.79 Å². The number of H-pyrrole nitrogens is 1. The van der Waals surface area contributed by atoms with Gasteiger partial charge in [0, 0.05) is 28.0 Å². The average Bonchev–Trinajstić information content (AvgIpc) is 3.45. The monoisotopic (exact) mass is 415 g/mol. The molecule has 1 fully saturated rings. The average molecular weight is 415 g/mol. The summed E-state index contributed by atoms with van der Waals surface area (Å²) in [5, 5.41) is 4.32. The van der Waals surface area contributed by atoms with Gasteiger partial charge in [-0.05, 0) is 31.0 Å². The zero-order chi connectivity index (χ0) is 21.8. The molecular weight excluding hydrogens is 394 g/mol. The van der Waals surface area contributed by atoms with E-state index in [-0.39, 0.29) is 12.3 Å². The smallest absolute Gasteiger partial charge is 0.325 e. The molecule has 2 N–H and O–H groups in total. The van der Waals surface area contributed by atoms with Gasteiger partial charge in [-0.2, -0.15) is 0 Å². The highest BCUT2D eigenvalue weighted by atomic mass is 16.3. The first-order valence-electron chi connectivity index (χ1n) is 10.2. The Hall–Kier alpha value is -3.87. The first-order valence-corrected chi connectivity index (χ1v) is 10.2. The lowest BCUT2D eigenvalue weighted by atomic mass is 9.98. The van der Waals surface area contributed by atoms with Crippen LogP contribution in [0.15, 0.2) is 59.1 Å². The Balaban J connectivity index is 1.44. The van der Waals surface area contributed by atoms with Crippen molar-refractivity contribution >= 4 is 39.6 Å². The second-order valence-electron chi connectivity index (χ2n) is 7.91. The summed E-state index contributed by atoms with van der Waals surface area (Å²) >= 11 is 0. The van der Waals surface area contributed by atoms with Crippen LogP contribution in [0, 0.1) is 0 Å². The summed E-state index contributed by atoms with van der Waals surface area (Å²) in [6, 6.07) is 14.3. The molecule has 3 amide bonds. The Morgan fingerprint density at radius 2 is 1.94 bits per heavy atom. The number of aryl methyl sites for hydroxylation is 1. The molecule has 7 heteroatoms. The second-order valence-corrected chi connectivity index (χ2v) is 7.91. The van der Waals surface area contributed by atoms with Gasteiger partial charge >= 0.3 is 6.03 Å². The quantitative estimate of drug-likeness (QED) is 0.378. The van der Waals surface area contributed by atoms with Crippen LogP contribution in [0.4, 0.5) is 4.79 Å². The molecule has 7 nitrogen and oxygen atoms in total. The number of aromatic amines is 1. The van der Waals surface area contributed by atoms with E-state index in [1.165, 1.54) is 0 Å². The van der Waals surface area contributed by atoms with E-state index < -0.39 is 17.5 Å². The number of carbonyl (C=O) groups is 3. The van der Waals surface area contributed by atoms with Crippen molar-refractivity contribution in [1.29, 1.82) is 0 Å². The maximum atomic E-state index is 13.2. The standard InChI is InChI=1S/C24H21N3O4/c1-3-14-8-6-9-16-17(12-25-21(14)16)18(28)13-27-22(29)24(2,26-23(27)30)20-11-15-7-4-5-10-19(15)31-20/h4-12,25H,3,13H2,1-2H3,(H,26,30)/t24-/m1/s1. The SMILES string of the molecule is CCc1cccc2c(C(=O)CN3C(=O)N[C@](C)(c4cc5ccccc5o4)C3=O)c[nH]c12. The van der Waals surface area contributed by atoms with E-state index in [4.69, 9.17) is 4.42 Å². The molecule has 1 saturated heterocycles. The predicted octanol–water partition coefficient (Wildman–Crippen LogP) is 4.13. The fraction of sp³-hybridized carbons (Fsp3) is 0.208. The van der Waals surface area contributed by atoms with E-state index in [1.807, 2.05) is 43.3 Å². The van der Waals surface area contributed by atoms with E-state index in [0.717, 1.165) is 33.2 Å². The Labute approximate surface area is 178 Å². The molecule has 1 atom stereocenters. The summed E-state index contributed by atoms with van der Waals surface area (Å²) < 4.78 is 5.83. The molecule has 0 bridgehead atoms. The fourth-order valence-corrected chi connectivity index (χ4v) is 4.21. The number of nitrogens with one attached hydrogen (secondary N) is 2. The van der Waals surface area contributed by atoms with Crippen LogP contribution in [0.2, 0.25) is 0 Å². The van der Waals surface area contributed by atoms with Gasteiger partial charge in [0.05, 0.1) is 6.54 Å². The van der Waals surface area contributed by atoms with Crippen LogP contribution in [-0.2, 0) is 16.8 Å². The summed E-state index contributed by atoms with van der Waals surface area (Å²) in [6.45, 7) is 3.29. The minimum atomic E-state index is -1.37. The van der Waals surface area contributed by atoms with Gasteiger partial charge in [0.1, 0.15) is 11.3 Å². The molecule has 31 heavy (non-hydrogen) atoms. The number of hydrogen-bond donors (Lipinski definition) is 2. The van der Waals surface area contributed by atoms with Crippen molar-refractivity contribution in [1.82, 2.24) is 15.2 Å². The number of urea groups is 1. The Morgan fingerprint density at radius 3 is 2.71 bits per heavy atom. The highest BCUT2D eigenvalue weighted by Gasteiger charge is 2.51. The lowest BCUT2D eigenvalue weighted by Gasteiger charge is -2.18. The molecule has 2 aromatic heterocycles. The van der Waals surface area contributed by atoms with Gasteiger partial charge in [0.2, 0.25) is 0 Å². The van der Waals surface area contributed by atoms with Crippen molar-refractivity contribution in [3.8, 4) is 0 Å². The Kier molecular flexibility index (Phi) is 4.22. The third kappa shape index (κ3) is 2.84. The predicted molar refractivity (Wildman–Crippen MR) is 116 cm³/mol. The Bertz CT molecular complexity index is 1330. The summed E-state index contributed by atoms with van der Waals surface area (Å²) in [4.78, 5) is 43.0. The molecule has 3 heterocycles. The number of ketones is 1. The molecular formula is C24H21N3O4. The van der Waals surface area contributed by atoms with Crippen LogP contribution in [0.1, 0.15) is 35.5 Å². The van der Waals surface area contributed by atoms with Gasteiger partial charge in [0.25, 0.3) is 5.91 Å². The number of rotatable bonds is 5. The van der Waals surface area contributed by atoms with Gasteiger partial charge in [0.15, 0.2) is 11.3 Å². The Morgan fingerprint density at radius 1 is 1.13 bits per heavy atom. The highest BCUT2D eigenvalue weighted by molar-refractivity contribution is 6.14. The van der Waals surface area contributed by atoms with Gasteiger partial charge in [-0.15, -0.1) is 0 Å². The third-order valence-electron chi connectivity index (χ3n) is 5.98. The fourth-order valence-electron chi connectivity index (χ4n) is 4.21. The number of hydrogen-bond acceptors (Lipinski definition) is 4. The largest absolute Gasteiger partial charge is 0.458 e. The number of imide groups is 1. The normalized spacial score (nSPS) is 18.8. The number of furan rings is 1. The molecule has 156 valence electrons. The number of benzene rings is 2. The van der Waals surface area contributed by atoms with Crippen molar-refractivity contribution in [2.45, 2.75) is 25.8 Å². The van der Waals surface area contributed by atoms with Crippen LogP contribution >= 0.6 is 0 Å². The van der Waals surface area contributed by atoms with Crippen LogP contribution in [-0.4, -0.2) is 34.2 Å². The highest BCUT2D eigenvalue weighted by Crippen LogP contribution is 2.33. The molecule has 4 aromatic rings. The summed E-state index contributed by atoms with van der Waals surface area (Å²) in [6.07, 6.45) is 2.47. The number of amides is 3. The maximum absolute atomic E-state index is 13.2. The molecule has 0 spiro atoms. The number of nitrogens with zero attached hydrogens (tertiary/aromatic N) is 1. The minimum absolute atomic E-state index is 0.308. The molecule has 1 aliphatic heterocycles. The molecule has 0 aliphatic carbocycles. The van der Waals surface area contributed by atoms with Crippen LogP contribution in [0.3, 0.4) is 0 Å². The number of para-hydroxylation sites is 2. The van der Waals surface area contributed by atoms with Gasteiger partial charge in [-0.3, -0.25) is 14.5 Å². The van der Waals surface area contributed by atoms with Crippen molar-refractivity contribution in [3.63, 3.8) is 0 Å². The van der Waals surface area contributed by atoms with E-state index in [9.17, 15) is 14.4 Å². The zero-order valence-electron chi connectivity index (χ0n) is 17.2. The van der Waals surface area contributed by atoms with Crippen molar-refractivity contribution in [2.75, 3.05) is 6.54 Å². The summed E-state index contributed by atoms with van der Waals surface area (Å²) in [5.41, 5.74) is 1.72. The number of fused-ring (bicyclic) bond motifs is 2. The minimum Gasteiger partial charge on any atom is -0.458 e. The number of carbonyl (C=O) groups excluding carboxylic acids is 3. The van der Waals surface area contributed by atoms with Gasteiger partial charge in [-0.1, -0.05) is 43.3 Å². The van der Waals surface area contributed by atoms with Gasteiger partial charge < -0.3 is 14.7 Å². The van der Waals surface area contributed by atoms with E-state index in [0.29, 0.717) is 16.9 Å². The van der Waals surface area contributed by atoms with E-state index in [1.54, 1.807) is 25.3 Å². The topological polar surface area (TPSA) is 95.4 Å². The van der Waals surface area contributed by atoms with E-state index >= 15 is 0 Å². The lowest BCUT2D eigenvalue weighted by molar-refractivity contribution is -0.131. The molecule has 5 rings (SSSR count). The van der Waals surface area contributed by atoms with Crippen LogP contribution in [0.25, 0.3) is 21.9 Å². The summed E-state index contributed by atoms with van der Waals surface area (Å²) in [7, 11) is 0. The van der Waals surface area contributed by atoms with Crippen molar-refractivity contribution in [2.24, 2.45) is 0 Å². The second kappa shape index (κ2) is 6.84. The molecule has 0 radical (unpaired) electrons. The maximum Gasteiger partial charge on any atom is 0.325 e.